The number of rotatable bonds is 4. The van der Waals surface area contributed by atoms with Gasteiger partial charge in [0, 0.05) is 5.69 Å². The Bertz CT molecular complexity index is 308. The van der Waals surface area contributed by atoms with Crippen LogP contribution in [0.25, 0.3) is 0 Å². The zero-order valence-electron chi connectivity index (χ0n) is 10.1. The third-order valence-corrected chi connectivity index (χ3v) is 2.42. The van der Waals surface area contributed by atoms with E-state index in [1.165, 1.54) is 0 Å². The van der Waals surface area contributed by atoms with Crippen molar-refractivity contribution in [3.63, 3.8) is 0 Å². The summed E-state index contributed by atoms with van der Waals surface area (Å²) in [6, 6.07) is 3.91. The number of anilines is 1. The van der Waals surface area contributed by atoms with E-state index >= 15 is 0 Å². The number of benzene rings is 1. The standard InChI is InChI=1S/C13H21NO/c1-9(2)5-6-15-13-10(3)7-12(14)8-11(13)4/h7-9H,5-6,14H2,1-4H3. The predicted molar refractivity (Wildman–Crippen MR) is 65.3 cm³/mol. The molecule has 0 aliphatic heterocycles. The summed E-state index contributed by atoms with van der Waals surface area (Å²) >= 11 is 0. The molecule has 2 nitrogen and oxygen atoms in total. The van der Waals surface area contributed by atoms with Crippen LogP contribution in [0.3, 0.4) is 0 Å². The van der Waals surface area contributed by atoms with Crippen LogP contribution < -0.4 is 10.5 Å². The van der Waals surface area contributed by atoms with Gasteiger partial charge in [0.2, 0.25) is 0 Å². The maximum Gasteiger partial charge on any atom is 0.125 e. The molecule has 0 fully saturated rings. The molecule has 0 saturated carbocycles. The maximum absolute atomic E-state index is 5.78. The summed E-state index contributed by atoms with van der Waals surface area (Å²) in [4.78, 5) is 0. The van der Waals surface area contributed by atoms with Gasteiger partial charge < -0.3 is 10.5 Å². The van der Waals surface area contributed by atoms with Gasteiger partial charge in [0.1, 0.15) is 5.75 Å². The average molecular weight is 207 g/mol. The molecule has 0 heterocycles. The van der Waals surface area contributed by atoms with Crippen molar-refractivity contribution in [3.8, 4) is 5.75 Å². The van der Waals surface area contributed by atoms with Gasteiger partial charge in [0.25, 0.3) is 0 Å². The van der Waals surface area contributed by atoms with Crippen molar-refractivity contribution < 1.29 is 4.74 Å². The fourth-order valence-electron chi connectivity index (χ4n) is 1.61. The Morgan fingerprint density at radius 3 is 2.20 bits per heavy atom. The molecule has 0 aliphatic carbocycles. The average Bonchev–Trinajstić information content (AvgIpc) is 2.08. The third-order valence-electron chi connectivity index (χ3n) is 2.42. The molecule has 0 saturated heterocycles. The smallest absolute Gasteiger partial charge is 0.125 e. The largest absolute Gasteiger partial charge is 0.493 e. The predicted octanol–water partition coefficient (Wildman–Crippen LogP) is 3.31. The second-order valence-corrected chi connectivity index (χ2v) is 4.51. The summed E-state index contributed by atoms with van der Waals surface area (Å²) in [5.74, 6) is 1.67. The molecule has 0 spiro atoms. The molecule has 0 aromatic heterocycles. The number of hydrogen-bond donors (Lipinski definition) is 1. The van der Waals surface area contributed by atoms with Gasteiger partial charge in [-0.3, -0.25) is 0 Å². The lowest BCUT2D eigenvalue weighted by molar-refractivity contribution is 0.286. The van der Waals surface area contributed by atoms with Crippen LogP contribution in [0.4, 0.5) is 5.69 Å². The molecule has 1 rings (SSSR count). The highest BCUT2D eigenvalue weighted by atomic mass is 16.5. The molecule has 0 aliphatic rings. The molecule has 2 heteroatoms. The van der Waals surface area contributed by atoms with E-state index in [4.69, 9.17) is 10.5 Å². The van der Waals surface area contributed by atoms with Crippen molar-refractivity contribution in [1.82, 2.24) is 0 Å². The van der Waals surface area contributed by atoms with Gasteiger partial charge in [-0.25, -0.2) is 0 Å². The van der Waals surface area contributed by atoms with Gasteiger partial charge in [-0.05, 0) is 49.4 Å². The van der Waals surface area contributed by atoms with E-state index in [1.54, 1.807) is 0 Å². The summed E-state index contributed by atoms with van der Waals surface area (Å²) in [5.41, 5.74) is 8.80. The summed E-state index contributed by atoms with van der Waals surface area (Å²) in [7, 11) is 0. The molecule has 0 atom stereocenters. The number of hydrogen-bond acceptors (Lipinski definition) is 2. The Kier molecular flexibility index (Phi) is 4.01. The minimum Gasteiger partial charge on any atom is -0.493 e. The topological polar surface area (TPSA) is 35.2 Å². The first kappa shape index (κ1) is 11.9. The van der Waals surface area contributed by atoms with Crippen LogP contribution in [-0.2, 0) is 0 Å². The quantitative estimate of drug-likeness (QED) is 0.769. The van der Waals surface area contributed by atoms with Gasteiger partial charge in [-0.1, -0.05) is 13.8 Å². The summed E-state index contributed by atoms with van der Waals surface area (Å²) in [5, 5.41) is 0. The van der Waals surface area contributed by atoms with E-state index in [-0.39, 0.29) is 0 Å². The van der Waals surface area contributed by atoms with Crippen LogP contribution in [0.15, 0.2) is 12.1 Å². The Labute approximate surface area is 92.4 Å². The summed E-state index contributed by atoms with van der Waals surface area (Å²) in [6.07, 6.45) is 1.09. The molecule has 0 unspecified atom stereocenters. The van der Waals surface area contributed by atoms with E-state index < -0.39 is 0 Å². The van der Waals surface area contributed by atoms with Crippen LogP contribution in [0, 0.1) is 19.8 Å². The Morgan fingerprint density at radius 2 is 1.73 bits per heavy atom. The zero-order chi connectivity index (χ0) is 11.4. The maximum atomic E-state index is 5.78. The van der Waals surface area contributed by atoms with Crippen molar-refractivity contribution in [2.75, 3.05) is 12.3 Å². The minimum absolute atomic E-state index is 0.680. The van der Waals surface area contributed by atoms with Crippen molar-refractivity contribution in [1.29, 1.82) is 0 Å². The van der Waals surface area contributed by atoms with Crippen molar-refractivity contribution in [2.45, 2.75) is 34.1 Å². The fraction of sp³-hybridized carbons (Fsp3) is 0.538. The highest BCUT2D eigenvalue weighted by Crippen LogP contribution is 2.26. The Hall–Kier alpha value is -1.18. The lowest BCUT2D eigenvalue weighted by Crippen LogP contribution is -2.04. The van der Waals surface area contributed by atoms with Crippen molar-refractivity contribution in [3.05, 3.63) is 23.3 Å². The molecular weight excluding hydrogens is 186 g/mol. The molecule has 0 amide bonds. The van der Waals surface area contributed by atoms with Crippen LogP contribution in [0.5, 0.6) is 5.75 Å². The minimum atomic E-state index is 0.680. The summed E-state index contributed by atoms with van der Waals surface area (Å²) < 4.78 is 5.78. The van der Waals surface area contributed by atoms with E-state index in [0.29, 0.717) is 5.92 Å². The molecule has 1 aromatic rings. The molecule has 2 N–H and O–H groups in total. The normalized spacial score (nSPS) is 10.7. The highest BCUT2D eigenvalue weighted by molar-refractivity contribution is 5.52. The number of ether oxygens (including phenoxy) is 1. The number of aryl methyl sites for hydroxylation is 2. The van der Waals surface area contributed by atoms with Crippen LogP contribution in [-0.4, -0.2) is 6.61 Å². The second kappa shape index (κ2) is 5.06. The highest BCUT2D eigenvalue weighted by Gasteiger charge is 2.05. The first-order valence-corrected chi connectivity index (χ1v) is 5.50. The lowest BCUT2D eigenvalue weighted by atomic mass is 10.1. The monoisotopic (exact) mass is 207 g/mol. The van der Waals surface area contributed by atoms with Gasteiger partial charge in [-0.15, -0.1) is 0 Å². The molecule has 1 aromatic carbocycles. The van der Waals surface area contributed by atoms with E-state index in [0.717, 1.165) is 35.6 Å². The summed E-state index contributed by atoms with van der Waals surface area (Å²) in [6.45, 7) is 9.25. The Balaban J connectivity index is 2.68. The van der Waals surface area contributed by atoms with E-state index in [9.17, 15) is 0 Å². The molecule has 84 valence electrons. The zero-order valence-corrected chi connectivity index (χ0v) is 10.1. The first-order chi connectivity index (χ1) is 7.00. The Morgan fingerprint density at radius 1 is 1.20 bits per heavy atom. The van der Waals surface area contributed by atoms with Crippen LogP contribution in [0.2, 0.25) is 0 Å². The first-order valence-electron chi connectivity index (χ1n) is 5.50. The van der Waals surface area contributed by atoms with Crippen LogP contribution in [0.1, 0.15) is 31.4 Å². The molecule has 0 radical (unpaired) electrons. The molecule has 0 bridgehead atoms. The van der Waals surface area contributed by atoms with E-state index in [1.807, 2.05) is 26.0 Å². The van der Waals surface area contributed by atoms with Crippen molar-refractivity contribution >= 4 is 5.69 Å². The second-order valence-electron chi connectivity index (χ2n) is 4.51. The molecule has 15 heavy (non-hydrogen) atoms. The number of nitrogens with two attached hydrogens (primary N) is 1. The van der Waals surface area contributed by atoms with Gasteiger partial charge in [0.05, 0.1) is 6.61 Å². The van der Waals surface area contributed by atoms with Gasteiger partial charge in [0.15, 0.2) is 0 Å². The van der Waals surface area contributed by atoms with Crippen LogP contribution >= 0.6 is 0 Å². The SMILES string of the molecule is Cc1cc(N)cc(C)c1OCCC(C)C. The third kappa shape index (κ3) is 3.46. The lowest BCUT2D eigenvalue weighted by Gasteiger charge is -2.13. The molecular formula is C13H21NO. The van der Waals surface area contributed by atoms with Gasteiger partial charge >= 0.3 is 0 Å². The van der Waals surface area contributed by atoms with Crippen molar-refractivity contribution in [2.24, 2.45) is 5.92 Å². The van der Waals surface area contributed by atoms with Gasteiger partial charge in [-0.2, -0.15) is 0 Å². The number of nitrogen functional groups attached to an aromatic ring is 1. The fourth-order valence-corrected chi connectivity index (χ4v) is 1.61. The van der Waals surface area contributed by atoms with E-state index in [2.05, 4.69) is 13.8 Å².